The molecule has 1 N–H and O–H groups in total. The van der Waals surface area contributed by atoms with Gasteiger partial charge in [0.25, 0.3) is 10.0 Å². The minimum absolute atomic E-state index is 0.0155. The van der Waals surface area contributed by atoms with Crippen molar-refractivity contribution in [1.82, 2.24) is 0 Å². The first-order valence-electron chi connectivity index (χ1n) is 7.44. The lowest BCUT2D eigenvalue weighted by Gasteiger charge is -2.21. The number of halogens is 1. The van der Waals surface area contributed by atoms with Gasteiger partial charge in [0.1, 0.15) is 5.82 Å². The lowest BCUT2D eigenvalue weighted by atomic mass is 10.1. The topological polar surface area (TPSA) is 74.7 Å². The molecule has 0 aliphatic heterocycles. The van der Waals surface area contributed by atoms with Gasteiger partial charge in [0.15, 0.2) is 0 Å². The highest BCUT2D eigenvalue weighted by Crippen LogP contribution is 2.33. The van der Waals surface area contributed by atoms with E-state index in [4.69, 9.17) is 0 Å². The molecule has 126 valence electrons. The van der Waals surface area contributed by atoms with Crippen molar-refractivity contribution in [2.45, 2.75) is 24.2 Å². The summed E-state index contributed by atoms with van der Waals surface area (Å²) in [7, 11) is -2.57. The van der Waals surface area contributed by atoms with E-state index >= 15 is 0 Å². The van der Waals surface area contributed by atoms with Crippen LogP contribution in [0.4, 0.5) is 10.1 Å². The molecule has 1 aliphatic rings. The Balaban J connectivity index is 2.13. The number of hydrogen-bond donors (Lipinski definition) is 1. The second kappa shape index (κ2) is 5.90. The van der Waals surface area contributed by atoms with Gasteiger partial charge in [-0.25, -0.2) is 17.6 Å². The molecular weight excluding hydrogens is 333 g/mol. The van der Waals surface area contributed by atoms with E-state index in [2.05, 4.69) is 0 Å². The fourth-order valence-electron chi connectivity index (χ4n) is 2.96. The first-order valence-corrected chi connectivity index (χ1v) is 8.88. The normalized spacial score (nSPS) is 13.6. The van der Waals surface area contributed by atoms with E-state index in [-0.39, 0.29) is 10.5 Å². The third kappa shape index (κ3) is 2.75. The summed E-state index contributed by atoms with van der Waals surface area (Å²) in [6.07, 6.45) is 2.06. The molecule has 2 aromatic carbocycles. The Morgan fingerprint density at radius 1 is 1.17 bits per heavy atom. The van der Waals surface area contributed by atoms with Crippen molar-refractivity contribution in [2.75, 3.05) is 11.4 Å². The Morgan fingerprint density at radius 3 is 2.46 bits per heavy atom. The van der Waals surface area contributed by atoms with Crippen LogP contribution in [0.5, 0.6) is 0 Å². The highest BCUT2D eigenvalue weighted by molar-refractivity contribution is 7.92. The zero-order chi connectivity index (χ0) is 17.5. The van der Waals surface area contributed by atoms with Gasteiger partial charge in [-0.3, -0.25) is 4.31 Å². The van der Waals surface area contributed by atoms with E-state index in [0.717, 1.165) is 16.3 Å². The molecule has 0 heterocycles. The zero-order valence-electron chi connectivity index (χ0n) is 13.0. The van der Waals surface area contributed by atoms with Gasteiger partial charge in [0.05, 0.1) is 16.1 Å². The van der Waals surface area contributed by atoms with Crippen LogP contribution in [0.3, 0.4) is 0 Å². The van der Waals surface area contributed by atoms with E-state index in [0.29, 0.717) is 24.1 Å². The predicted molar refractivity (Wildman–Crippen MR) is 87.4 cm³/mol. The number of fused-ring (bicyclic) bond motifs is 1. The van der Waals surface area contributed by atoms with E-state index in [1.807, 2.05) is 0 Å². The lowest BCUT2D eigenvalue weighted by molar-refractivity contribution is 0.0696. The molecule has 0 aromatic heterocycles. The van der Waals surface area contributed by atoms with Crippen molar-refractivity contribution in [3.05, 3.63) is 58.9 Å². The standard InChI is InChI=1S/C17H16FNO4S/c1-19(14-7-5-13(18)6-8-14)24(22,23)16-10-12(17(20)21)9-11-3-2-4-15(11)16/h5-10H,2-4H2,1H3,(H,20,21). The minimum atomic E-state index is -3.94. The van der Waals surface area contributed by atoms with Gasteiger partial charge in [0, 0.05) is 7.05 Å². The second-order valence-corrected chi connectivity index (χ2v) is 7.66. The average molecular weight is 349 g/mol. The van der Waals surface area contributed by atoms with Crippen LogP contribution in [0.2, 0.25) is 0 Å². The van der Waals surface area contributed by atoms with Crippen molar-refractivity contribution in [1.29, 1.82) is 0 Å². The molecule has 2 aromatic rings. The van der Waals surface area contributed by atoms with Crippen LogP contribution in [0, 0.1) is 5.82 Å². The number of aryl methyl sites for hydroxylation is 1. The molecule has 0 radical (unpaired) electrons. The molecule has 0 fully saturated rings. The molecule has 5 nitrogen and oxygen atoms in total. The molecule has 0 unspecified atom stereocenters. The maximum atomic E-state index is 13.1. The van der Waals surface area contributed by atoms with Gasteiger partial charge >= 0.3 is 5.97 Å². The summed E-state index contributed by atoms with van der Waals surface area (Å²) in [5, 5.41) is 9.24. The van der Waals surface area contributed by atoms with Crippen LogP contribution in [-0.4, -0.2) is 26.5 Å². The summed E-state index contributed by atoms with van der Waals surface area (Å²) >= 11 is 0. The Kier molecular flexibility index (Phi) is 4.04. The van der Waals surface area contributed by atoms with E-state index in [1.54, 1.807) is 6.07 Å². The van der Waals surface area contributed by atoms with Gasteiger partial charge < -0.3 is 5.11 Å². The summed E-state index contributed by atoms with van der Waals surface area (Å²) in [6.45, 7) is 0. The maximum Gasteiger partial charge on any atom is 0.335 e. The van der Waals surface area contributed by atoms with Crippen molar-refractivity contribution >= 4 is 21.7 Å². The summed E-state index contributed by atoms with van der Waals surface area (Å²) in [4.78, 5) is 11.3. The SMILES string of the molecule is CN(c1ccc(F)cc1)S(=O)(=O)c1cc(C(=O)O)cc2c1CCC2. The minimum Gasteiger partial charge on any atom is -0.478 e. The molecule has 0 atom stereocenters. The van der Waals surface area contributed by atoms with Gasteiger partial charge in [-0.2, -0.15) is 0 Å². The summed E-state index contributed by atoms with van der Waals surface area (Å²) in [6, 6.07) is 7.85. The fourth-order valence-corrected chi connectivity index (χ4v) is 4.47. The molecule has 0 amide bonds. The summed E-state index contributed by atoms with van der Waals surface area (Å²) in [5.41, 5.74) is 1.71. The smallest absolute Gasteiger partial charge is 0.335 e. The number of carbonyl (C=O) groups is 1. The number of carboxylic acids is 1. The number of aromatic carboxylic acids is 1. The number of benzene rings is 2. The maximum absolute atomic E-state index is 13.1. The lowest BCUT2D eigenvalue weighted by Crippen LogP contribution is -2.27. The zero-order valence-corrected chi connectivity index (χ0v) is 13.8. The molecule has 0 saturated heterocycles. The first-order chi connectivity index (χ1) is 11.3. The second-order valence-electron chi connectivity index (χ2n) is 5.72. The molecule has 0 bridgehead atoms. The number of nitrogens with zero attached hydrogens (tertiary/aromatic N) is 1. The van der Waals surface area contributed by atoms with Crippen molar-refractivity contribution in [3.8, 4) is 0 Å². The third-order valence-electron chi connectivity index (χ3n) is 4.25. The summed E-state index contributed by atoms with van der Waals surface area (Å²) < 4.78 is 40.1. The largest absolute Gasteiger partial charge is 0.478 e. The number of rotatable bonds is 4. The third-order valence-corrected chi connectivity index (χ3v) is 6.10. The van der Waals surface area contributed by atoms with Crippen LogP contribution >= 0.6 is 0 Å². The van der Waals surface area contributed by atoms with E-state index in [1.165, 1.54) is 37.4 Å². The van der Waals surface area contributed by atoms with E-state index in [9.17, 15) is 22.7 Å². The van der Waals surface area contributed by atoms with Gasteiger partial charge in [-0.15, -0.1) is 0 Å². The Morgan fingerprint density at radius 2 is 1.83 bits per heavy atom. The number of hydrogen-bond acceptors (Lipinski definition) is 3. The van der Waals surface area contributed by atoms with Crippen LogP contribution in [0.15, 0.2) is 41.3 Å². The molecule has 0 spiro atoms. The first kappa shape index (κ1) is 16.4. The van der Waals surface area contributed by atoms with Crippen LogP contribution in [0.25, 0.3) is 0 Å². The summed E-state index contributed by atoms with van der Waals surface area (Å²) in [5.74, 6) is -1.62. The Labute approximate surface area is 139 Å². The number of carboxylic acid groups (broad SMARTS) is 1. The van der Waals surface area contributed by atoms with Crippen LogP contribution < -0.4 is 4.31 Å². The highest BCUT2D eigenvalue weighted by Gasteiger charge is 2.29. The van der Waals surface area contributed by atoms with Crippen molar-refractivity contribution in [2.24, 2.45) is 0 Å². The fraction of sp³-hybridized carbons (Fsp3) is 0.235. The van der Waals surface area contributed by atoms with E-state index < -0.39 is 21.8 Å². The van der Waals surface area contributed by atoms with Gasteiger partial charge in [-0.05, 0) is 66.8 Å². The van der Waals surface area contributed by atoms with Crippen LogP contribution in [-0.2, 0) is 22.9 Å². The van der Waals surface area contributed by atoms with Crippen molar-refractivity contribution < 1.29 is 22.7 Å². The molecule has 1 aliphatic carbocycles. The number of anilines is 1. The number of sulfonamides is 1. The Hall–Kier alpha value is -2.41. The molecular formula is C17H16FNO4S. The highest BCUT2D eigenvalue weighted by atomic mass is 32.2. The Bertz CT molecular complexity index is 907. The average Bonchev–Trinajstić information content (AvgIpc) is 3.02. The molecule has 7 heteroatoms. The van der Waals surface area contributed by atoms with Crippen LogP contribution in [0.1, 0.15) is 27.9 Å². The molecule has 24 heavy (non-hydrogen) atoms. The van der Waals surface area contributed by atoms with Gasteiger partial charge in [0.2, 0.25) is 0 Å². The van der Waals surface area contributed by atoms with Gasteiger partial charge in [-0.1, -0.05) is 0 Å². The predicted octanol–water partition coefficient (Wildman–Crippen LogP) is 2.84. The quantitative estimate of drug-likeness (QED) is 0.921. The monoisotopic (exact) mass is 349 g/mol. The molecule has 0 saturated carbocycles. The molecule has 3 rings (SSSR count). The van der Waals surface area contributed by atoms with Crippen molar-refractivity contribution in [3.63, 3.8) is 0 Å².